The predicted octanol–water partition coefficient (Wildman–Crippen LogP) is 14.9. The Balaban J connectivity index is 1.01. The number of benzene rings is 9. The van der Waals surface area contributed by atoms with Gasteiger partial charge in [0.05, 0.1) is 11.4 Å². The van der Waals surface area contributed by atoms with Crippen LogP contribution in [0.15, 0.2) is 231 Å². The Kier molecular flexibility index (Phi) is 9.49. The summed E-state index contributed by atoms with van der Waals surface area (Å²) < 4.78 is 0. The first kappa shape index (κ1) is 36.7. The Labute approximate surface area is 360 Å². The van der Waals surface area contributed by atoms with Crippen LogP contribution in [0, 0.1) is 0 Å². The molecule has 0 radical (unpaired) electrons. The third-order valence-corrected chi connectivity index (χ3v) is 11.6. The third kappa shape index (κ3) is 7.10. The van der Waals surface area contributed by atoms with Gasteiger partial charge >= 0.3 is 0 Å². The Morgan fingerprint density at radius 3 is 1.08 bits per heavy atom. The topological polar surface area (TPSA) is 51.6 Å². The molecule has 0 fully saturated rings. The molecule has 9 aromatic carbocycles. The maximum Gasteiger partial charge on any atom is 0.164 e. The van der Waals surface area contributed by atoms with Crippen LogP contribution in [-0.4, -0.2) is 19.9 Å². The largest absolute Gasteiger partial charge is 0.247 e. The summed E-state index contributed by atoms with van der Waals surface area (Å²) in [5.41, 5.74) is 13.5. The fourth-order valence-corrected chi connectivity index (χ4v) is 8.37. The van der Waals surface area contributed by atoms with Crippen LogP contribution in [-0.2, 0) is 0 Å². The van der Waals surface area contributed by atoms with E-state index in [1.54, 1.807) is 0 Å². The van der Waals surface area contributed by atoms with Crippen LogP contribution in [0.1, 0.15) is 0 Å². The van der Waals surface area contributed by atoms with E-state index in [2.05, 4.69) is 218 Å². The van der Waals surface area contributed by atoms with E-state index < -0.39 is 0 Å². The molecule has 4 heteroatoms. The van der Waals surface area contributed by atoms with Crippen molar-refractivity contribution >= 4 is 21.5 Å². The Morgan fingerprint density at radius 1 is 0.210 bits per heavy atom. The van der Waals surface area contributed by atoms with Gasteiger partial charge in [0.25, 0.3) is 0 Å². The summed E-state index contributed by atoms with van der Waals surface area (Å²) in [5, 5.41) is 4.71. The van der Waals surface area contributed by atoms with Crippen molar-refractivity contribution in [1.82, 2.24) is 19.9 Å². The lowest BCUT2D eigenvalue weighted by atomic mass is 9.93. The van der Waals surface area contributed by atoms with Crippen LogP contribution >= 0.6 is 0 Å². The lowest BCUT2D eigenvalue weighted by molar-refractivity contribution is 1.07. The molecule has 0 aliphatic heterocycles. The molecule has 62 heavy (non-hydrogen) atoms. The Bertz CT molecular complexity index is 3250. The van der Waals surface area contributed by atoms with E-state index >= 15 is 0 Å². The van der Waals surface area contributed by atoms with Gasteiger partial charge in [-0.05, 0) is 55.4 Å². The van der Waals surface area contributed by atoms with E-state index in [0.29, 0.717) is 17.5 Å². The van der Waals surface area contributed by atoms with Crippen LogP contribution in [0.2, 0.25) is 0 Å². The number of aromatic nitrogens is 4. The van der Waals surface area contributed by atoms with Crippen molar-refractivity contribution in [2.45, 2.75) is 0 Å². The quantitative estimate of drug-likeness (QED) is 0.154. The first-order chi connectivity index (χ1) is 30.7. The second-order valence-corrected chi connectivity index (χ2v) is 15.4. The summed E-state index contributed by atoms with van der Waals surface area (Å²) in [6.07, 6.45) is 0. The minimum atomic E-state index is 0.606. The molecule has 2 aromatic heterocycles. The van der Waals surface area contributed by atoms with Gasteiger partial charge in [0.2, 0.25) is 0 Å². The average Bonchev–Trinajstić information content (AvgIpc) is 3.36. The predicted molar refractivity (Wildman–Crippen MR) is 256 cm³/mol. The SMILES string of the molecule is c1ccc(-c2ccc(-c3nc(-c4ccc(-c5ccccc5)cc4)nc(-c4ccc(-c5ccc(-c6cccc7ccccc67)nc5-c5cccc6ccccc56)cc4)n3)cc2)cc1. The highest BCUT2D eigenvalue weighted by Crippen LogP contribution is 2.39. The van der Waals surface area contributed by atoms with Gasteiger partial charge in [0.1, 0.15) is 0 Å². The molecule has 4 nitrogen and oxygen atoms in total. The van der Waals surface area contributed by atoms with Gasteiger partial charge < -0.3 is 0 Å². The molecule has 2 heterocycles. The summed E-state index contributed by atoms with van der Waals surface area (Å²) in [4.78, 5) is 20.7. The molecule has 0 aliphatic rings. The van der Waals surface area contributed by atoms with Crippen LogP contribution < -0.4 is 0 Å². The zero-order valence-electron chi connectivity index (χ0n) is 33.7. The van der Waals surface area contributed by atoms with E-state index in [1.165, 1.54) is 16.2 Å². The molecule has 11 rings (SSSR count). The van der Waals surface area contributed by atoms with Gasteiger partial charge in [0, 0.05) is 33.4 Å². The Hall–Kier alpha value is -8.34. The molecule has 11 aromatic rings. The first-order valence-electron chi connectivity index (χ1n) is 20.9. The molecule has 0 N–H and O–H groups in total. The molecule has 290 valence electrons. The fourth-order valence-electron chi connectivity index (χ4n) is 8.37. The van der Waals surface area contributed by atoms with Crippen LogP contribution in [0.5, 0.6) is 0 Å². The van der Waals surface area contributed by atoms with Crippen molar-refractivity contribution in [3.05, 3.63) is 231 Å². The Morgan fingerprint density at radius 2 is 0.581 bits per heavy atom. The molecule has 0 unspecified atom stereocenters. The minimum Gasteiger partial charge on any atom is -0.247 e. The van der Waals surface area contributed by atoms with E-state index in [1.807, 2.05) is 12.1 Å². The maximum atomic E-state index is 5.48. The van der Waals surface area contributed by atoms with Crippen molar-refractivity contribution in [3.8, 4) is 90.1 Å². The van der Waals surface area contributed by atoms with Gasteiger partial charge in [-0.25, -0.2) is 19.9 Å². The monoisotopic (exact) mass is 790 g/mol. The number of rotatable bonds is 8. The van der Waals surface area contributed by atoms with Crippen LogP contribution in [0.25, 0.3) is 112 Å². The maximum absolute atomic E-state index is 5.48. The number of fused-ring (bicyclic) bond motifs is 2. The highest BCUT2D eigenvalue weighted by Gasteiger charge is 2.17. The van der Waals surface area contributed by atoms with Crippen LogP contribution in [0.4, 0.5) is 0 Å². The lowest BCUT2D eigenvalue weighted by Gasteiger charge is -2.15. The second-order valence-electron chi connectivity index (χ2n) is 15.4. The first-order valence-corrected chi connectivity index (χ1v) is 20.9. The molecule has 0 saturated carbocycles. The summed E-state index contributed by atoms with van der Waals surface area (Å²) >= 11 is 0. The normalized spacial score (nSPS) is 11.2. The summed E-state index contributed by atoms with van der Waals surface area (Å²) in [7, 11) is 0. The van der Waals surface area contributed by atoms with Crippen molar-refractivity contribution in [3.63, 3.8) is 0 Å². The van der Waals surface area contributed by atoms with Gasteiger partial charge in [-0.2, -0.15) is 0 Å². The number of nitrogens with zero attached hydrogens (tertiary/aromatic N) is 4. The van der Waals surface area contributed by atoms with Gasteiger partial charge in [-0.15, -0.1) is 0 Å². The van der Waals surface area contributed by atoms with Crippen molar-refractivity contribution in [2.75, 3.05) is 0 Å². The lowest BCUT2D eigenvalue weighted by Crippen LogP contribution is -2.00. The number of pyridine rings is 1. The van der Waals surface area contributed by atoms with E-state index in [4.69, 9.17) is 19.9 Å². The molecule has 0 spiro atoms. The van der Waals surface area contributed by atoms with E-state index in [9.17, 15) is 0 Å². The molecule has 0 bridgehead atoms. The van der Waals surface area contributed by atoms with E-state index in [-0.39, 0.29) is 0 Å². The zero-order valence-corrected chi connectivity index (χ0v) is 33.7. The number of hydrogen-bond acceptors (Lipinski definition) is 4. The molecule has 0 amide bonds. The highest BCUT2D eigenvalue weighted by atomic mass is 15.0. The smallest absolute Gasteiger partial charge is 0.164 e. The molecule has 0 saturated heterocycles. The summed E-state index contributed by atoms with van der Waals surface area (Å²) in [6.45, 7) is 0. The fraction of sp³-hybridized carbons (Fsp3) is 0. The second kappa shape index (κ2) is 16.0. The zero-order chi connectivity index (χ0) is 41.2. The van der Waals surface area contributed by atoms with Gasteiger partial charge in [-0.3, -0.25) is 0 Å². The molecule has 0 atom stereocenters. The van der Waals surface area contributed by atoms with Crippen LogP contribution in [0.3, 0.4) is 0 Å². The van der Waals surface area contributed by atoms with Crippen molar-refractivity contribution in [2.24, 2.45) is 0 Å². The minimum absolute atomic E-state index is 0.606. The van der Waals surface area contributed by atoms with Crippen molar-refractivity contribution in [1.29, 1.82) is 0 Å². The van der Waals surface area contributed by atoms with Gasteiger partial charge in [-0.1, -0.05) is 224 Å². The molecular formula is C58H38N4. The highest BCUT2D eigenvalue weighted by molar-refractivity contribution is 6.01. The summed E-state index contributed by atoms with van der Waals surface area (Å²) in [5.74, 6) is 1.84. The molecule has 0 aliphatic carbocycles. The average molecular weight is 791 g/mol. The van der Waals surface area contributed by atoms with Gasteiger partial charge in [0.15, 0.2) is 17.5 Å². The van der Waals surface area contributed by atoms with Crippen molar-refractivity contribution < 1.29 is 0 Å². The standard InChI is InChI=1S/C58H38N4/c1-3-13-39(14-4-1)41-25-31-46(32-26-41)56-60-57(47-33-27-42(28-34-47)40-15-5-2-6-16-40)62-58(61-56)48-35-29-45(30-36-48)51-37-38-54(52-23-11-19-43-17-7-9-21-49(43)52)59-55(51)53-24-12-20-44-18-8-10-22-50(44)53/h1-38H. The third-order valence-electron chi connectivity index (χ3n) is 11.6. The molecular weight excluding hydrogens is 753 g/mol. The summed E-state index contributed by atoms with van der Waals surface area (Å²) in [6, 6.07) is 80.5. The van der Waals surface area contributed by atoms with E-state index in [0.717, 1.165) is 78.0 Å². The number of hydrogen-bond donors (Lipinski definition) is 0.